The normalized spacial score (nSPS) is 11.6. The van der Waals surface area contributed by atoms with E-state index in [0.29, 0.717) is 17.5 Å². The number of fused-ring (bicyclic) bond motifs is 6. The smallest absolute Gasteiger partial charge is 0.166 e. The van der Waals surface area contributed by atoms with Gasteiger partial charge in [0.15, 0.2) is 17.5 Å². The fraction of sp³-hybridized carbons (Fsp3) is 0.0308. The number of rotatable bonds is 8. The van der Waals surface area contributed by atoms with Crippen molar-refractivity contribution in [2.45, 2.75) is 13.8 Å². The lowest BCUT2D eigenvalue weighted by Gasteiger charge is -2.17. The van der Waals surface area contributed by atoms with Crippen LogP contribution < -0.4 is 0 Å². The molecule has 13 rings (SSSR count). The summed E-state index contributed by atoms with van der Waals surface area (Å²) in [5, 5.41) is 4.77. The molecule has 10 aromatic carbocycles. The SMILES string of the molecule is Cc1cccc(-c2ccc3c(c2)c2cc(-c4cccc(C)c4)ccc2n3-c2ccc(-c3ccc4c5ccccc5n(-c5ccccc5)c4c3)cc2-c2nc(-c3ccccc3)nc(-c3ccccc3)n2)c1. The van der Waals surface area contributed by atoms with Crippen LogP contribution in [0.15, 0.2) is 237 Å². The third kappa shape index (κ3) is 7.15. The Morgan fingerprint density at radius 2 is 0.714 bits per heavy atom. The number of hydrogen-bond acceptors (Lipinski definition) is 3. The lowest BCUT2D eigenvalue weighted by Crippen LogP contribution is -2.04. The van der Waals surface area contributed by atoms with Gasteiger partial charge in [-0.3, -0.25) is 0 Å². The molecule has 0 amide bonds. The Morgan fingerprint density at radius 3 is 1.31 bits per heavy atom. The molecule has 0 radical (unpaired) electrons. The van der Waals surface area contributed by atoms with E-state index in [1.165, 1.54) is 60.4 Å². The predicted molar refractivity (Wildman–Crippen MR) is 291 cm³/mol. The first-order valence-corrected chi connectivity index (χ1v) is 23.8. The second-order valence-electron chi connectivity index (χ2n) is 18.2. The summed E-state index contributed by atoms with van der Waals surface area (Å²) in [5.74, 6) is 1.82. The monoisotopic (exact) mass is 895 g/mol. The van der Waals surface area contributed by atoms with E-state index in [1.807, 2.05) is 36.4 Å². The lowest BCUT2D eigenvalue weighted by molar-refractivity contribution is 1.06. The highest BCUT2D eigenvalue weighted by Crippen LogP contribution is 2.42. The summed E-state index contributed by atoms with van der Waals surface area (Å²) in [7, 11) is 0. The Kier molecular flexibility index (Phi) is 9.88. The summed E-state index contributed by atoms with van der Waals surface area (Å²) >= 11 is 0. The van der Waals surface area contributed by atoms with Crippen LogP contribution in [0.1, 0.15) is 11.1 Å². The fourth-order valence-electron chi connectivity index (χ4n) is 10.3. The molecule has 13 aromatic rings. The van der Waals surface area contributed by atoms with Crippen molar-refractivity contribution in [3.8, 4) is 78.9 Å². The maximum Gasteiger partial charge on any atom is 0.166 e. The molecule has 330 valence electrons. The van der Waals surface area contributed by atoms with Crippen molar-refractivity contribution in [1.29, 1.82) is 0 Å². The van der Waals surface area contributed by atoms with Crippen molar-refractivity contribution in [2.75, 3.05) is 0 Å². The number of nitrogens with zero attached hydrogens (tertiary/aromatic N) is 5. The minimum absolute atomic E-state index is 0.590. The minimum Gasteiger partial charge on any atom is -0.309 e. The zero-order chi connectivity index (χ0) is 46.7. The minimum atomic E-state index is 0.590. The molecule has 0 fully saturated rings. The molecule has 0 aliphatic rings. The van der Waals surface area contributed by atoms with Gasteiger partial charge < -0.3 is 9.13 Å². The number of para-hydroxylation sites is 2. The van der Waals surface area contributed by atoms with Crippen molar-refractivity contribution in [3.63, 3.8) is 0 Å². The zero-order valence-electron chi connectivity index (χ0n) is 38.8. The van der Waals surface area contributed by atoms with Crippen LogP contribution in [-0.4, -0.2) is 24.1 Å². The quantitative estimate of drug-likeness (QED) is 0.153. The molecule has 0 saturated heterocycles. The van der Waals surface area contributed by atoms with Gasteiger partial charge in [0, 0.05) is 43.9 Å². The molecule has 5 nitrogen and oxygen atoms in total. The van der Waals surface area contributed by atoms with Crippen molar-refractivity contribution in [1.82, 2.24) is 24.1 Å². The van der Waals surface area contributed by atoms with Gasteiger partial charge in [-0.1, -0.05) is 187 Å². The highest BCUT2D eigenvalue weighted by Gasteiger charge is 2.22. The van der Waals surface area contributed by atoms with E-state index in [9.17, 15) is 0 Å². The van der Waals surface area contributed by atoms with Gasteiger partial charge in [0.25, 0.3) is 0 Å². The Hall–Kier alpha value is -9.19. The number of benzene rings is 10. The van der Waals surface area contributed by atoms with Crippen LogP contribution in [0.4, 0.5) is 0 Å². The molecule has 3 heterocycles. The van der Waals surface area contributed by atoms with Gasteiger partial charge in [-0.15, -0.1) is 0 Å². The van der Waals surface area contributed by atoms with Crippen molar-refractivity contribution < 1.29 is 0 Å². The van der Waals surface area contributed by atoms with Gasteiger partial charge >= 0.3 is 0 Å². The van der Waals surface area contributed by atoms with E-state index in [0.717, 1.165) is 55.7 Å². The number of aromatic nitrogens is 5. The third-order valence-electron chi connectivity index (χ3n) is 13.7. The van der Waals surface area contributed by atoms with Crippen LogP contribution in [0.2, 0.25) is 0 Å². The summed E-state index contributed by atoms with van der Waals surface area (Å²) in [6.07, 6.45) is 0. The van der Waals surface area contributed by atoms with Crippen molar-refractivity contribution >= 4 is 43.6 Å². The molecular formula is C65H45N5. The van der Waals surface area contributed by atoms with E-state index >= 15 is 0 Å². The van der Waals surface area contributed by atoms with Crippen LogP contribution >= 0.6 is 0 Å². The van der Waals surface area contributed by atoms with Crippen LogP contribution in [0.25, 0.3) is 123 Å². The Bertz CT molecular complexity index is 3970. The van der Waals surface area contributed by atoms with Gasteiger partial charge in [-0.25, -0.2) is 15.0 Å². The maximum absolute atomic E-state index is 5.38. The topological polar surface area (TPSA) is 48.5 Å². The standard InChI is InChI=1S/C65H45N5/c1-42-16-14-22-46(36-42)48-29-33-59-55(38-48)56-39-49(47-23-15-17-43(2)37-47)30-34-60(56)70(59)61-35-31-50(51-28-32-54-53-26-12-13-27-58(53)69(62(54)41-51)52-24-10-5-11-25-52)40-57(61)65-67-63(44-18-6-3-7-19-44)66-64(68-65)45-20-8-4-9-21-45/h3-41H,1-2H3. The Labute approximate surface area is 406 Å². The van der Waals surface area contributed by atoms with Gasteiger partial charge in [0.2, 0.25) is 0 Å². The highest BCUT2D eigenvalue weighted by atomic mass is 15.1. The molecule has 0 aliphatic heterocycles. The summed E-state index contributed by atoms with van der Waals surface area (Å²) in [6, 6.07) is 84.8. The molecule has 0 N–H and O–H groups in total. The van der Waals surface area contributed by atoms with Crippen LogP contribution in [0.3, 0.4) is 0 Å². The molecule has 70 heavy (non-hydrogen) atoms. The van der Waals surface area contributed by atoms with E-state index in [2.05, 4.69) is 223 Å². The molecular weight excluding hydrogens is 851 g/mol. The Balaban J connectivity index is 1.09. The second-order valence-corrected chi connectivity index (χ2v) is 18.2. The summed E-state index contributed by atoms with van der Waals surface area (Å²) < 4.78 is 4.79. The summed E-state index contributed by atoms with van der Waals surface area (Å²) in [6.45, 7) is 4.31. The maximum atomic E-state index is 5.38. The van der Waals surface area contributed by atoms with Gasteiger partial charge in [-0.05, 0) is 108 Å². The molecule has 0 saturated carbocycles. The molecule has 0 bridgehead atoms. The predicted octanol–water partition coefficient (Wildman–Crippen LogP) is 16.7. The fourth-order valence-corrected chi connectivity index (χ4v) is 10.3. The number of hydrogen-bond donors (Lipinski definition) is 0. The summed E-state index contributed by atoms with van der Waals surface area (Å²) in [5.41, 5.74) is 18.7. The average Bonchev–Trinajstić information content (AvgIpc) is 3.93. The first kappa shape index (κ1) is 41.0. The number of aryl methyl sites for hydroxylation is 2. The second kappa shape index (κ2) is 16.8. The molecule has 0 unspecified atom stereocenters. The van der Waals surface area contributed by atoms with Crippen LogP contribution in [0.5, 0.6) is 0 Å². The average molecular weight is 896 g/mol. The third-order valence-corrected chi connectivity index (χ3v) is 13.7. The van der Waals surface area contributed by atoms with Crippen molar-refractivity contribution in [2.24, 2.45) is 0 Å². The van der Waals surface area contributed by atoms with Crippen molar-refractivity contribution in [3.05, 3.63) is 248 Å². The van der Waals surface area contributed by atoms with Gasteiger partial charge in [-0.2, -0.15) is 0 Å². The molecule has 5 heteroatoms. The first-order chi connectivity index (χ1) is 34.5. The van der Waals surface area contributed by atoms with E-state index < -0.39 is 0 Å². The zero-order valence-corrected chi connectivity index (χ0v) is 38.8. The lowest BCUT2D eigenvalue weighted by atomic mass is 9.99. The molecule has 3 aromatic heterocycles. The Morgan fingerprint density at radius 1 is 0.271 bits per heavy atom. The van der Waals surface area contributed by atoms with Crippen LogP contribution in [-0.2, 0) is 0 Å². The molecule has 0 aliphatic carbocycles. The first-order valence-electron chi connectivity index (χ1n) is 23.8. The largest absolute Gasteiger partial charge is 0.309 e. The van der Waals surface area contributed by atoms with E-state index in [4.69, 9.17) is 15.0 Å². The van der Waals surface area contributed by atoms with Gasteiger partial charge in [0.1, 0.15) is 0 Å². The van der Waals surface area contributed by atoms with E-state index in [-0.39, 0.29) is 0 Å². The highest BCUT2D eigenvalue weighted by molar-refractivity contribution is 6.13. The summed E-state index contributed by atoms with van der Waals surface area (Å²) in [4.78, 5) is 15.9. The van der Waals surface area contributed by atoms with Crippen LogP contribution in [0, 0.1) is 13.8 Å². The van der Waals surface area contributed by atoms with E-state index in [1.54, 1.807) is 0 Å². The van der Waals surface area contributed by atoms with Gasteiger partial charge in [0.05, 0.1) is 27.8 Å². The molecule has 0 spiro atoms. The molecule has 0 atom stereocenters.